The summed E-state index contributed by atoms with van der Waals surface area (Å²) in [5.74, 6) is 0.524. The molecule has 1 aromatic carbocycles. The predicted molar refractivity (Wildman–Crippen MR) is 119 cm³/mol. The number of rotatable bonds is 5. The van der Waals surface area contributed by atoms with E-state index in [1.54, 1.807) is 17.8 Å². The van der Waals surface area contributed by atoms with Crippen LogP contribution >= 0.6 is 0 Å². The van der Waals surface area contributed by atoms with Crippen molar-refractivity contribution in [3.63, 3.8) is 0 Å². The minimum absolute atomic E-state index is 0.0102. The Bertz CT molecular complexity index is 1280. The normalized spacial score (nSPS) is 11.3. The number of urea groups is 1. The zero-order valence-electron chi connectivity index (χ0n) is 18.5. The summed E-state index contributed by atoms with van der Waals surface area (Å²) in [5.41, 5.74) is 1.09. The van der Waals surface area contributed by atoms with Crippen molar-refractivity contribution < 1.29 is 18.3 Å². The van der Waals surface area contributed by atoms with Crippen molar-refractivity contribution in [1.82, 2.24) is 24.7 Å². The Morgan fingerprint density at radius 1 is 1.15 bits per heavy atom. The Hall–Kier alpha value is -4.28. The Labute approximate surface area is 188 Å². The lowest BCUT2D eigenvalue weighted by Gasteiger charge is -2.13. The highest BCUT2D eigenvalue weighted by molar-refractivity contribution is 5.99. The van der Waals surface area contributed by atoms with E-state index in [1.807, 2.05) is 20.8 Å². The maximum Gasteiger partial charge on any atom is 0.324 e. The summed E-state index contributed by atoms with van der Waals surface area (Å²) in [5, 5.41) is 9.56. The number of hydrogen-bond acceptors (Lipinski definition) is 7. The molecule has 0 saturated carbocycles. The lowest BCUT2D eigenvalue weighted by Crippen LogP contribution is -2.21. The van der Waals surface area contributed by atoms with E-state index in [0.717, 1.165) is 11.8 Å². The van der Waals surface area contributed by atoms with Gasteiger partial charge in [0.25, 0.3) is 0 Å². The summed E-state index contributed by atoms with van der Waals surface area (Å²) in [6, 6.07) is 6.77. The van der Waals surface area contributed by atoms with Crippen molar-refractivity contribution in [2.24, 2.45) is 7.05 Å². The van der Waals surface area contributed by atoms with Gasteiger partial charge in [-0.1, -0.05) is 20.8 Å². The standard InChI is InChI=1S/C22H22FN7O3/c1-22(2,3)17-10-18(30(4)29-17)27-21(31)26-15-6-5-13(9-14(15)23)33-19-7-8-24-20(28-19)16-11-32-12-25-16/h5-12H,1-4H3,(H2,26,27,31). The predicted octanol–water partition coefficient (Wildman–Crippen LogP) is 4.74. The lowest BCUT2D eigenvalue weighted by atomic mass is 9.92. The first-order valence-electron chi connectivity index (χ1n) is 10.0. The number of carbonyl (C=O) groups is 1. The third kappa shape index (κ3) is 5.14. The number of halogens is 1. The average Bonchev–Trinajstić information content (AvgIpc) is 3.41. The van der Waals surface area contributed by atoms with Gasteiger partial charge >= 0.3 is 6.03 Å². The minimum atomic E-state index is -0.672. The first-order valence-corrected chi connectivity index (χ1v) is 10.0. The molecule has 0 radical (unpaired) electrons. The topological polar surface area (TPSA) is 120 Å². The number of aromatic nitrogens is 5. The molecular formula is C22H22FN7O3. The molecule has 0 fully saturated rings. The van der Waals surface area contributed by atoms with Gasteiger partial charge in [-0.3, -0.25) is 10.00 Å². The molecule has 0 aliphatic heterocycles. The zero-order valence-corrected chi connectivity index (χ0v) is 18.5. The van der Waals surface area contributed by atoms with Gasteiger partial charge < -0.3 is 14.5 Å². The number of anilines is 2. The third-order valence-corrected chi connectivity index (χ3v) is 4.59. The number of amides is 2. The molecule has 3 aromatic heterocycles. The summed E-state index contributed by atoms with van der Waals surface area (Å²) < 4.78 is 26.7. The van der Waals surface area contributed by atoms with E-state index < -0.39 is 11.8 Å². The van der Waals surface area contributed by atoms with Gasteiger partial charge in [0.05, 0.1) is 11.4 Å². The van der Waals surface area contributed by atoms with Crippen LogP contribution in [0.15, 0.2) is 53.6 Å². The summed E-state index contributed by atoms with van der Waals surface area (Å²) >= 11 is 0. The van der Waals surface area contributed by atoms with Crippen LogP contribution in [0.1, 0.15) is 26.5 Å². The van der Waals surface area contributed by atoms with E-state index in [-0.39, 0.29) is 22.7 Å². The highest BCUT2D eigenvalue weighted by Gasteiger charge is 2.20. The molecule has 2 amide bonds. The molecule has 4 aromatic rings. The average molecular weight is 451 g/mol. The minimum Gasteiger partial charge on any atom is -0.451 e. The van der Waals surface area contributed by atoms with Crippen molar-refractivity contribution in [2.75, 3.05) is 10.6 Å². The first kappa shape index (κ1) is 21.9. The maximum absolute atomic E-state index is 14.6. The van der Waals surface area contributed by atoms with Gasteiger partial charge in [0.2, 0.25) is 5.88 Å². The van der Waals surface area contributed by atoms with Crippen molar-refractivity contribution in [2.45, 2.75) is 26.2 Å². The van der Waals surface area contributed by atoms with Crippen LogP contribution < -0.4 is 15.4 Å². The number of aryl methyl sites for hydroxylation is 1. The number of benzene rings is 1. The Morgan fingerprint density at radius 3 is 2.64 bits per heavy atom. The van der Waals surface area contributed by atoms with Gasteiger partial charge in [-0.25, -0.2) is 19.2 Å². The van der Waals surface area contributed by atoms with Crippen LogP contribution in [-0.2, 0) is 12.5 Å². The summed E-state index contributed by atoms with van der Waals surface area (Å²) in [6.07, 6.45) is 4.16. The number of oxazole rings is 1. The molecule has 0 spiro atoms. The van der Waals surface area contributed by atoms with Gasteiger partial charge in [0.1, 0.15) is 29.3 Å². The number of nitrogens with one attached hydrogen (secondary N) is 2. The monoisotopic (exact) mass is 451 g/mol. The van der Waals surface area contributed by atoms with Crippen molar-refractivity contribution in [1.29, 1.82) is 0 Å². The van der Waals surface area contributed by atoms with Crippen LogP contribution in [-0.4, -0.2) is 30.8 Å². The van der Waals surface area contributed by atoms with Gasteiger partial charge in [-0.15, -0.1) is 0 Å². The summed E-state index contributed by atoms with van der Waals surface area (Å²) in [4.78, 5) is 24.7. The molecule has 3 heterocycles. The van der Waals surface area contributed by atoms with E-state index in [4.69, 9.17) is 9.15 Å². The molecule has 0 aliphatic rings. The van der Waals surface area contributed by atoms with Crippen LogP contribution in [0, 0.1) is 5.82 Å². The van der Waals surface area contributed by atoms with E-state index in [9.17, 15) is 9.18 Å². The third-order valence-electron chi connectivity index (χ3n) is 4.59. The number of ether oxygens (including phenoxy) is 1. The van der Waals surface area contributed by atoms with Gasteiger partial charge in [0.15, 0.2) is 12.2 Å². The number of nitrogens with zero attached hydrogens (tertiary/aromatic N) is 5. The van der Waals surface area contributed by atoms with Crippen molar-refractivity contribution >= 4 is 17.5 Å². The molecule has 4 rings (SSSR count). The van der Waals surface area contributed by atoms with Crippen molar-refractivity contribution in [3.8, 4) is 23.1 Å². The Balaban J connectivity index is 1.42. The van der Waals surface area contributed by atoms with Gasteiger partial charge in [-0.05, 0) is 12.1 Å². The van der Waals surface area contributed by atoms with E-state index in [2.05, 4.69) is 30.7 Å². The van der Waals surface area contributed by atoms with E-state index >= 15 is 0 Å². The molecule has 170 valence electrons. The SMILES string of the molecule is Cn1nc(C(C)(C)C)cc1NC(=O)Nc1ccc(Oc2ccnc(-c3cocn3)n2)cc1F. The van der Waals surface area contributed by atoms with Gasteiger partial charge in [-0.2, -0.15) is 10.1 Å². The summed E-state index contributed by atoms with van der Waals surface area (Å²) in [7, 11) is 1.72. The Kier molecular flexibility index (Phi) is 5.78. The van der Waals surface area contributed by atoms with Gasteiger partial charge in [0, 0.05) is 36.9 Å². The second-order valence-electron chi connectivity index (χ2n) is 8.20. The number of hydrogen-bond donors (Lipinski definition) is 2. The summed E-state index contributed by atoms with van der Waals surface area (Å²) in [6.45, 7) is 6.07. The second-order valence-corrected chi connectivity index (χ2v) is 8.20. The van der Waals surface area contributed by atoms with Crippen LogP contribution in [0.5, 0.6) is 11.6 Å². The number of carbonyl (C=O) groups excluding carboxylic acids is 1. The molecule has 0 aliphatic carbocycles. The fourth-order valence-electron chi connectivity index (χ4n) is 2.85. The van der Waals surface area contributed by atoms with E-state index in [1.165, 1.54) is 37.1 Å². The smallest absolute Gasteiger partial charge is 0.324 e. The zero-order chi connectivity index (χ0) is 23.6. The molecule has 11 heteroatoms. The second kappa shape index (κ2) is 8.69. The fraction of sp³-hybridized carbons (Fsp3) is 0.227. The quantitative estimate of drug-likeness (QED) is 0.450. The Morgan fingerprint density at radius 2 is 1.97 bits per heavy atom. The maximum atomic E-state index is 14.6. The highest BCUT2D eigenvalue weighted by Crippen LogP contribution is 2.26. The molecule has 33 heavy (non-hydrogen) atoms. The van der Waals surface area contributed by atoms with E-state index in [0.29, 0.717) is 17.3 Å². The molecular weight excluding hydrogens is 429 g/mol. The fourth-order valence-corrected chi connectivity index (χ4v) is 2.85. The van der Waals surface area contributed by atoms with Crippen LogP contribution in [0.3, 0.4) is 0 Å². The molecule has 0 saturated heterocycles. The first-order chi connectivity index (χ1) is 15.7. The molecule has 2 N–H and O–H groups in total. The molecule has 0 unspecified atom stereocenters. The largest absolute Gasteiger partial charge is 0.451 e. The highest BCUT2D eigenvalue weighted by atomic mass is 19.1. The molecule has 10 nitrogen and oxygen atoms in total. The van der Waals surface area contributed by atoms with Crippen LogP contribution in [0.2, 0.25) is 0 Å². The van der Waals surface area contributed by atoms with Crippen LogP contribution in [0.4, 0.5) is 20.7 Å². The lowest BCUT2D eigenvalue weighted by molar-refractivity contribution is 0.262. The van der Waals surface area contributed by atoms with Crippen LogP contribution in [0.25, 0.3) is 11.5 Å². The molecule has 0 atom stereocenters. The molecule has 0 bridgehead atoms. The van der Waals surface area contributed by atoms with Crippen molar-refractivity contribution in [3.05, 3.63) is 60.7 Å².